The average molecular weight is 1320 g/mol. The first-order valence-electron chi connectivity index (χ1n) is 22.5. The van der Waals surface area contributed by atoms with Crippen molar-refractivity contribution < 1.29 is 57.2 Å². The third-order valence-electron chi connectivity index (χ3n) is 11.0. The van der Waals surface area contributed by atoms with Gasteiger partial charge < -0.3 is 0 Å². The Morgan fingerprint density at radius 3 is 0.493 bits per heavy atom. The van der Waals surface area contributed by atoms with Crippen LogP contribution in [0.15, 0.2) is 241 Å². The number of carbonyl (C=O) groups excluding carboxylic acids is 6. The van der Waals surface area contributed by atoms with Gasteiger partial charge in [-0.15, -0.1) is 0 Å². The van der Waals surface area contributed by atoms with E-state index in [1.807, 2.05) is 72.8 Å². The van der Waals surface area contributed by atoms with E-state index in [0.29, 0.717) is 33.4 Å². The zero-order valence-corrected chi connectivity index (χ0v) is 47.7. The van der Waals surface area contributed by atoms with Crippen molar-refractivity contribution in [3.05, 3.63) is 274 Å². The van der Waals surface area contributed by atoms with E-state index < -0.39 is 96.4 Å². The van der Waals surface area contributed by atoms with Gasteiger partial charge in [0.25, 0.3) is 0 Å². The molecule has 0 spiro atoms. The molecule has 0 bridgehead atoms. The summed E-state index contributed by atoms with van der Waals surface area (Å²) in [6.45, 7) is 21.2. The topological polar surface area (TPSA) is 158 Å². The van der Waals surface area contributed by atoms with Gasteiger partial charge >= 0.3 is 459 Å². The third-order valence-corrected chi connectivity index (χ3v) is 31.6. The van der Waals surface area contributed by atoms with E-state index in [2.05, 4.69) is 57.7 Å². The van der Waals surface area contributed by atoms with Crippen molar-refractivity contribution in [3.63, 3.8) is 0 Å². The molecule has 0 amide bonds. The Hall–Kier alpha value is -7.75. The summed E-state index contributed by atoms with van der Waals surface area (Å²) >= 11 is -9.96. The van der Waals surface area contributed by atoms with Gasteiger partial charge in [-0.1, -0.05) is 0 Å². The minimum atomic E-state index is -3.32. The first-order valence-corrected chi connectivity index (χ1v) is 34.0. The van der Waals surface area contributed by atoms with Crippen molar-refractivity contribution in [2.24, 2.45) is 0 Å². The van der Waals surface area contributed by atoms with Crippen LogP contribution in [0.5, 0.6) is 0 Å². The van der Waals surface area contributed by atoms with Gasteiger partial charge in [-0.3, -0.25) is 0 Å². The summed E-state index contributed by atoms with van der Waals surface area (Å²) < 4.78 is 39.6. The first-order chi connectivity index (χ1) is 36.4. The predicted octanol–water partition coefficient (Wildman–Crippen LogP) is 5.04. The van der Waals surface area contributed by atoms with Gasteiger partial charge in [0.2, 0.25) is 0 Å². The van der Waals surface area contributed by atoms with E-state index in [0.717, 1.165) is 69.2 Å². The maximum absolute atomic E-state index is 12.9. The second kappa shape index (κ2) is 26.5. The molecule has 75 heavy (non-hydrogen) atoms. The number of hydrogen-bond acceptors (Lipinski definition) is 12. The monoisotopic (exact) mass is 1320 g/mol. The van der Waals surface area contributed by atoms with E-state index in [1.54, 1.807) is 72.8 Å². The Labute approximate surface area is 455 Å². The Morgan fingerprint density at radius 1 is 0.240 bits per heavy atom. The van der Waals surface area contributed by atoms with Gasteiger partial charge in [-0.05, 0) is 0 Å². The molecule has 15 heteroatoms. The standard InChI is InChI=1S/6C9H7O2.C6H3.3Sb/c6*1-2-11-9(10)8-6-4-3-5-7-8;1-2-4-6-5-3-1;;;/h6*2,4-7H,1H2;1,4-5H;;;. The van der Waals surface area contributed by atoms with E-state index in [9.17, 15) is 28.8 Å². The van der Waals surface area contributed by atoms with E-state index in [-0.39, 0.29) is 0 Å². The molecular formula is C60H45O12Sb3. The maximum atomic E-state index is 12.9. The van der Waals surface area contributed by atoms with Gasteiger partial charge in [-0.2, -0.15) is 0 Å². The summed E-state index contributed by atoms with van der Waals surface area (Å²) in [5, 5.41) is 0. The Balaban J connectivity index is 1.56. The minimum absolute atomic E-state index is 0.322. The van der Waals surface area contributed by atoms with Crippen LogP contribution < -0.4 is 31.6 Å². The summed E-state index contributed by atoms with van der Waals surface area (Å²) in [7, 11) is 0. The van der Waals surface area contributed by atoms with Gasteiger partial charge in [0.05, 0.1) is 0 Å². The second-order valence-corrected chi connectivity index (χ2v) is 34.4. The van der Waals surface area contributed by atoms with Crippen molar-refractivity contribution in [3.8, 4) is 0 Å². The molecular weight excluding hydrogens is 1280 g/mol. The quantitative estimate of drug-likeness (QED) is 0.0410. The molecule has 0 aliphatic carbocycles. The zero-order valence-electron chi connectivity index (χ0n) is 40.0. The van der Waals surface area contributed by atoms with Gasteiger partial charge in [-0.25, -0.2) is 0 Å². The van der Waals surface area contributed by atoms with Crippen LogP contribution in [0.2, 0.25) is 0 Å². The molecule has 0 aliphatic heterocycles. The molecule has 7 aromatic carbocycles. The number of benzene rings is 7. The molecule has 0 unspecified atom stereocenters. The molecule has 0 heterocycles. The Kier molecular flexibility index (Phi) is 19.4. The first kappa shape index (κ1) is 55.0. The third kappa shape index (κ3) is 13.5. The fraction of sp³-hybridized carbons (Fsp3) is 0. The van der Waals surface area contributed by atoms with Crippen molar-refractivity contribution in [2.75, 3.05) is 0 Å². The molecule has 0 fully saturated rings. The van der Waals surface area contributed by atoms with Crippen LogP contribution in [-0.4, -0.2) is 96.4 Å². The van der Waals surface area contributed by atoms with Crippen molar-refractivity contribution in [1.82, 2.24) is 0 Å². The van der Waals surface area contributed by atoms with Crippen LogP contribution >= 0.6 is 0 Å². The number of carbonyl (C=O) groups is 6. The molecule has 0 aromatic heterocycles. The number of rotatable bonds is 21. The predicted molar refractivity (Wildman–Crippen MR) is 293 cm³/mol. The van der Waals surface area contributed by atoms with Crippen molar-refractivity contribution in [2.45, 2.75) is 0 Å². The number of esters is 6. The average Bonchev–Trinajstić information content (AvgIpc) is 3.43. The molecule has 12 nitrogen and oxygen atoms in total. The fourth-order valence-electron chi connectivity index (χ4n) is 7.65. The Morgan fingerprint density at radius 2 is 0.373 bits per heavy atom. The SMILES string of the molecule is C=COC(=O)c1cc[c]([Sb]([c]2ccc(C(=O)OC=C)cc2)[c]2c[c]([Sb]([c]3ccc(C(=O)OC=C)cc3)[c]3ccc(C(=O)OC=C)cc3)c[c]([Sb]([c]3ccc(C(=O)OC=C)cc3)[c]3ccc(C(=O)OC=C)cc3)c2)cc1. The van der Waals surface area contributed by atoms with Crippen LogP contribution in [0.3, 0.4) is 0 Å². The summed E-state index contributed by atoms with van der Waals surface area (Å²) in [4.78, 5) is 77.6. The molecule has 0 radical (unpaired) electrons. The van der Waals surface area contributed by atoms with Crippen LogP contribution in [0.4, 0.5) is 0 Å². The second-order valence-electron chi connectivity index (χ2n) is 15.4. The number of hydrogen-bond donors (Lipinski definition) is 0. The van der Waals surface area contributed by atoms with Crippen LogP contribution in [0.1, 0.15) is 62.1 Å². The molecule has 0 saturated carbocycles. The van der Waals surface area contributed by atoms with E-state index in [4.69, 9.17) is 28.4 Å². The van der Waals surface area contributed by atoms with Crippen molar-refractivity contribution in [1.29, 1.82) is 0 Å². The zero-order chi connectivity index (χ0) is 53.4. The summed E-state index contributed by atoms with van der Waals surface area (Å²) in [6.07, 6.45) is 6.46. The van der Waals surface area contributed by atoms with E-state index >= 15 is 0 Å². The molecule has 7 aromatic rings. The molecule has 0 aliphatic rings. The van der Waals surface area contributed by atoms with Crippen molar-refractivity contribution >= 4 is 128 Å². The molecule has 0 saturated heterocycles. The molecule has 372 valence electrons. The number of ether oxygens (including phenoxy) is 6. The molecule has 7 rings (SSSR count). The molecule has 0 atom stereocenters. The van der Waals surface area contributed by atoms with Crippen LogP contribution in [0.25, 0.3) is 0 Å². The fourth-order valence-corrected chi connectivity index (χ4v) is 30.3. The van der Waals surface area contributed by atoms with Gasteiger partial charge in [0.1, 0.15) is 0 Å². The summed E-state index contributed by atoms with van der Waals surface area (Å²) in [6, 6.07) is 50.5. The van der Waals surface area contributed by atoms with Gasteiger partial charge in [0.15, 0.2) is 0 Å². The summed E-state index contributed by atoms with van der Waals surface area (Å²) in [5.74, 6) is -3.41. The Bertz CT molecular complexity index is 2750. The normalized spacial score (nSPS) is 10.6. The van der Waals surface area contributed by atoms with E-state index in [1.165, 1.54) is 0 Å². The van der Waals surface area contributed by atoms with Gasteiger partial charge in [0, 0.05) is 0 Å². The molecule has 0 N–H and O–H groups in total. The van der Waals surface area contributed by atoms with Crippen LogP contribution in [-0.2, 0) is 28.4 Å². The van der Waals surface area contributed by atoms with Crippen LogP contribution in [0, 0.1) is 0 Å². The summed E-state index contributed by atoms with van der Waals surface area (Å²) in [5.41, 5.74) is 1.93.